The van der Waals surface area contributed by atoms with Crippen molar-refractivity contribution >= 4 is 0 Å². The van der Waals surface area contributed by atoms with Crippen LogP contribution in [0.1, 0.15) is 30.5 Å². The molecule has 2 unspecified atom stereocenters. The number of hydrogen-bond acceptors (Lipinski definition) is 4. The standard InChI is InChI=1S/C15H22N2O2/c1-6-11(9-16)15(17-3)14-10(2)7-12(18-4)8-13(14)19-5/h7-8,11,15,17H,6H2,1-5H3. The minimum atomic E-state index is -0.0917. The highest BCUT2D eigenvalue weighted by molar-refractivity contribution is 5.48. The zero-order chi connectivity index (χ0) is 14.4. The van der Waals surface area contributed by atoms with E-state index in [-0.39, 0.29) is 12.0 Å². The molecule has 1 rings (SSSR count). The lowest BCUT2D eigenvalue weighted by atomic mass is 9.88. The molecule has 0 aliphatic carbocycles. The highest BCUT2D eigenvalue weighted by Crippen LogP contribution is 2.36. The van der Waals surface area contributed by atoms with Crippen molar-refractivity contribution in [3.05, 3.63) is 23.3 Å². The Morgan fingerprint density at radius 2 is 2.00 bits per heavy atom. The summed E-state index contributed by atoms with van der Waals surface area (Å²) in [7, 11) is 5.14. The van der Waals surface area contributed by atoms with Gasteiger partial charge < -0.3 is 14.8 Å². The molecule has 0 heterocycles. The van der Waals surface area contributed by atoms with Crippen molar-refractivity contribution < 1.29 is 9.47 Å². The van der Waals surface area contributed by atoms with Crippen LogP contribution < -0.4 is 14.8 Å². The van der Waals surface area contributed by atoms with Crippen LogP contribution in [-0.4, -0.2) is 21.3 Å². The van der Waals surface area contributed by atoms with Gasteiger partial charge in [0, 0.05) is 11.6 Å². The number of nitriles is 1. The van der Waals surface area contributed by atoms with Gasteiger partial charge in [-0.25, -0.2) is 0 Å². The van der Waals surface area contributed by atoms with Crippen molar-refractivity contribution in [3.8, 4) is 17.6 Å². The van der Waals surface area contributed by atoms with Crippen molar-refractivity contribution in [2.75, 3.05) is 21.3 Å². The molecule has 1 aromatic carbocycles. The Labute approximate surface area is 115 Å². The van der Waals surface area contributed by atoms with E-state index >= 15 is 0 Å². The molecule has 0 amide bonds. The van der Waals surface area contributed by atoms with E-state index in [1.807, 2.05) is 33.0 Å². The lowest BCUT2D eigenvalue weighted by molar-refractivity contribution is 0.372. The van der Waals surface area contributed by atoms with Gasteiger partial charge in [0.1, 0.15) is 11.5 Å². The molecule has 4 nitrogen and oxygen atoms in total. The van der Waals surface area contributed by atoms with Crippen molar-refractivity contribution in [2.24, 2.45) is 5.92 Å². The molecule has 1 N–H and O–H groups in total. The minimum Gasteiger partial charge on any atom is -0.497 e. The van der Waals surface area contributed by atoms with E-state index < -0.39 is 0 Å². The van der Waals surface area contributed by atoms with Gasteiger partial charge in [0.2, 0.25) is 0 Å². The summed E-state index contributed by atoms with van der Waals surface area (Å²) in [5, 5.41) is 12.5. The molecule has 0 fully saturated rings. The Morgan fingerprint density at radius 3 is 2.42 bits per heavy atom. The Bertz CT molecular complexity index is 466. The highest BCUT2D eigenvalue weighted by atomic mass is 16.5. The zero-order valence-electron chi connectivity index (χ0n) is 12.3. The van der Waals surface area contributed by atoms with E-state index in [2.05, 4.69) is 11.4 Å². The molecular formula is C15H22N2O2. The predicted octanol–water partition coefficient (Wildman–Crippen LogP) is 2.82. The summed E-state index contributed by atoms with van der Waals surface area (Å²) in [4.78, 5) is 0. The van der Waals surface area contributed by atoms with Crippen LogP contribution in [0.5, 0.6) is 11.5 Å². The first-order valence-electron chi connectivity index (χ1n) is 6.42. The third-order valence-electron chi connectivity index (χ3n) is 3.41. The van der Waals surface area contributed by atoms with Gasteiger partial charge in [0.05, 0.1) is 32.2 Å². The third kappa shape index (κ3) is 3.18. The number of methoxy groups -OCH3 is 2. The molecule has 0 spiro atoms. The first kappa shape index (κ1) is 15.3. The average Bonchev–Trinajstić information content (AvgIpc) is 2.44. The fraction of sp³-hybridized carbons (Fsp3) is 0.533. The molecular weight excluding hydrogens is 240 g/mol. The van der Waals surface area contributed by atoms with Crippen LogP contribution in [-0.2, 0) is 0 Å². The summed E-state index contributed by atoms with van der Waals surface area (Å²) in [6, 6.07) is 6.14. The first-order chi connectivity index (χ1) is 9.12. The van der Waals surface area contributed by atoms with E-state index in [9.17, 15) is 5.26 Å². The Kier molecular flexibility index (Phi) is 5.65. The highest BCUT2D eigenvalue weighted by Gasteiger charge is 2.25. The number of aryl methyl sites for hydroxylation is 1. The second-order valence-electron chi connectivity index (χ2n) is 4.47. The Hall–Kier alpha value is -1.73. The van der Waals surface area contributed by atoms with Gasteiger partial charge in [-0.2, -0.15) is 5.26 Å². The van der Waals surface area contributed by atoms with Gasteiger partial charge in [-0.05, 0) is 32.0 Å². The maximum absolute atomic E-state index is 9.29. The van der Waals surface area contributed by atoms with Gasteiger partial charge in [0.25, 0.3) is 0 Å². The number of nitrogens with one attached hydrogen (secondary N) is 1. The molecule has 0 aliphatic heterocycles. The number of ether oxygens (including phenoxy) is 2. The van der Waals surface area contributed by atoms with Gasteiger partial charge >= 0.3 is 0 Å². The summed E-state index contributed by atoms with van der Waals surface area (Å²) < 4.78 is 10.7. The lowest BCUT2D eigenvalue weighted by Gasteiger charge is -2.25. The molecule has 4 heteroatoms. The van der Waals surface area contributed by atoms with E-state index in [0.717, 1.165) is 29.0 Å². The van der Waals surface area contributed by atoms with Gasteiger partial charge in [-0.15, -0.1) is 0 Å². The second kappa shape index (κ2) is 7.01. The van der Waals surface area contributed by atoms with E-state index in [1.54, 1.807) is 14.2 Å². The molecule has 1 aromatic rings. The van der Waals surface area contributed by atoms with Crippen molar-refractivity contribution in [1.82, 2.24) is 5.32 Å². The molecule has 104 valence electrons. The molecule has 0 saturated carbocycles. The summed E-state index contributed by atoms with van der Waals surface area (Å²) in [6.45, 7) is 4.03. The van der Waals surface area contributed by atoms with Crippen molar-refractivity contribution in [1.29, 1.82) is 5.26 Å². The summed E-state index contributed by atoms with van der Waals surface area (Å²) >= 11 is 0. The number of nitrogens with zero attached hydrogens (tertiary/aromatic N) is 1. The Morgan fingerprint density at radius 1 is 1.32 bits per heavy atom. The third-order valence-corrected chi connectivity index (χ3v) is 3.41. The molecule has 2 atom stereocenters. The van der Waals surface area contributed by atoms with E-state index in [0.29, 0.717) is 0 Å². The van der Waals surface area contributed by atoms with Crippen LogP contribution in [0.15, 0.2) is 12.1 Å². The lowest BCUT2D eigenvalue weighted by Crippen LogP contribution is -2.25. The summed E-state index contributed by atoms with van der Waals surface area (Å²) in [5.74, 6) is 1.42. The van der Waals surface area contributed by atoms with Gasteiger partial charge in [0.15, 0.2) is 0 Å². The summed E-state index contributed by atoms with van der Waals surface area (Å²) in [5.41, 5.74) is 2.09. The molecule has 0 aliphatic rings. The number of benzene rings is 1. The van der Waals surface area contributed by atoms with Crippen molar-refractivity contribution in [2.45, 2.75) is 26.3 Å². The zero-order valence-corrected chi connectivity index (χ0v) is 12.3. The predicted molar refractivity (Wildman–Crippen MR) is 75.5 cm³/mol. The quantitative estimate of drug-likeness (QED) is 0.856. The van der Waals surface area contributed by atoms with Crippen molar-refractivity contribution in [3.63, 3.8) is 0 Å². The van der Waals surface area contributed by atoms with Crippen LogP contribution in [0.4, 0.5) is 0 Å². The van der Waals surface area contributed by atoms with Gasteiger partial charge in [-0.3, -0.25) is 0 Å². The van der Waals surface area contributed by atoms with Crippen LogP contribution in [0.25, 0.3) is 0 Å². The van der Waals surface area contributed by atoms with Crippen LogP contribution in [0.2, 0.25) is 0 Å². The minimum absolute atomic E-state index is 0.0455. The Balaban J connectivity index is 3.34. The normalized spacial score (nSPS) is 13.5. The van der Waals surface area contributed by atoms with E-state index in [1.165, 1.54) is 0 Å². The maximum Gasteiger partial charge on any atom is 0.127 e. The first-order valence-corrected chi connectivity index (χ1v) is 6.42. The molecule has 19 heavy (non-hydrogen) atoms. The maximum atomic E-state index is 9.29. The summed E-state index contributed by atoms with van der Waals surface area (Å²) in [6.07, 6.45) is 0.788. The fourth-order valence-corrected chi connectivity index (χ4v) is 2.37. The van der Waals surface area contributed by atoms with Crippen LogP contribution in [0, 0.1) is 24.2 Å². The molecule has 0 bridgehead atoms. The largest absolute Gasteiger partial charge is 0.497 e. The van der Waals surface area contributed by atoms with Crippen LogP contribution >= 0.6 is 0 Å². The van der Waals surface area contributed by atoms with Gasteiger partial charge in [-0.1, -0.05) is 6.92 Å². The topological polar surface area (TPSA) is 54.3 Å². The molecule has 0 radical (unpaired) electrons. The van der Waals surface area contributed by atoms with E-state index in [4.69, 9.17) is 9.47 Å². The monoisotopic (exact) mass is 262 g/mol. The average molecular weight is 262 g/mol. The molecule has 0 aromatic heterocycles. The smallest absolute Gasteiger partial charge is 0.127 e. The number of rotatable bonds is 6. The molecule has 0 saturated heterocycles. The second-order valence-corrected chi connectivity index (χ2v) is 4.47. The van der Waals surface area contributed by atoms with Crippen LogP contribution in [0.3, 0.4) is 0 Å². The number of hydrogen-bond donors (Lipinski definition) is 1. The fourth-order valence-electron chi connectivity index (χ4n) is 2.37. The SMILES string of the molecule is CCC(C#N)C(NC)c1c(C)cc(OC)cc1OC.